The number of aromatic nitrogens is 1. The van der Waals surface area contributed by atoms with Crippen LogP contribution in [0.15, 0.2) is 60.7 Å². The van der Waals surface area contributed by atoms with E-state index in [0.29, 0.717) is 38.7 Å². The van der Waals surface area contributed by atoms with Crippen LogP contribution in [0, 0.1) is 10.1 Å². The largest absolute Gasteiger partial charge is 0.493 e. The first-order valence-corrected chi connectivity index (χ1v) is 11.7. The average molecular weight is 526 g/mol. The molecule has 0 saturated heterocycles. The molecule has 1 N–H and O–H groups in total. The molecule has 0 spiro atoms. The summed E-state index contributed by atoms with van der Waals surface area (Å²) in [6.07, 6.45) is 0. The van der Waals surface area contributed by atoms with Gasteiger partial charge in [0.1, 0.15) is 0 Å². The molecule has 0 saturated carbocycles. The van der Waals surface area contributed by atoms with Gasteiger partial charge in [0, 0.05) is 28.3 Å². The number of ether oxygens (including phenoxy) is 3. The summed E-state index contributed by atoms with van der Waals surface area (Å²) in [5, 5.41) is 14.8. The molecule has 0 atom stereocenters. The summed E-state index contributed by atoms with van der Waals surface area (Å²) < 4.78 is 16.0. The fraction of sp³-hybridized carbons (Fsp3) is 0.120. The van der Waals surface area contributed by atoms with E-state index in [1.54, 1.807) is 36.4 Å². The Labute approximate surface area is 215 Å². The Morgan fingerprint density at radius 3 is 2.06 bits per heavy atom. The minimum atomic E-state index is -0.464. The van der Waals surface area contributed by atoms with Gasteiger partial charge in [0.05, 0.1) is 36.8 Å². The number of nitrogens with one attached hydrogen (secondary N) is 1. The highest BCUT2D eigenvalue weighted by Crippen LogP contribution is 2.41. The van der Waals surface area contributed by atoms with Gasteiger partial charge in [0.15, 0.2) is 16.6 Å². The van der Waals surface area contributed by atoms with Crippen molar-refractivity contribution in [2.45, 2.75) is 0 Å². The van der Waals surface area contributed by atoms with Crippen LogP contribution in [0.5, 0.6) is 17.2 Å². The normalized spacial score (nSPS) is 10.6. The van der Waals surface area contributed by atoms with E-state index < -0.39 is 10.8 Å². The Bertz CT molecular complexity index is 1400. The fourth-order valence-electron chi connectivity index (χ4n) is 3.49. The van der Waals surface area contributed by atoms with Gasteiger partial charge in [-0.1, -0.05) is 35.1 Å². The first-order valence-electron chi connectivity index (χ1n) is 10.5. The Morgan fingerprint density at radius 2 is 1.53 bits per heavy atom. The molecule has 0 aliphatic carbocycles. The van der Waals surface area contributed by atoms with Gasteiger partial charge in [0.25, 0.3) is 11.6 Å². The van der Waals surface area contributed by atoms with E-state index in [1.807, 2.05) is 12.1 Å². The number of halogens is 1. The second kappa shape index (κ2) is 10.6. The van der Waals surface area contributed by atoms with Crippen LogP contribution in [0.4, 0.5) is 10.8 Å². The number of hydrogen-bond donors (Lipinski definition) is 1. The zero-order valence-electron chi connectivity index (χ0n) is 19.4. The number of nitrogens with zero attached hydrogens (tertiary/aromatic N) is 2. The molecule has 0 aliphatic rings. The minimum Gasteiger partial charge on any atom is -0.493 e. The van der Waals surface area contributed by atoms with Crippen LogP contribution < -0.4 is 19.5 Å². The van der Waals surface area contributed by atoms with Crippen molar-refractivity contribution in [3.05, 3.63) is 81.4 Å². The molecule has 9 nitrogen and oxygen atoms in total. The third-order valence-electron chi connectivity index (χ3n) is 5.23. The van der Waals surface area contributed by atoms with E-state index in [9.17, 15) is 14.9 Å². The lowest BCUT2D eigenvalue weighted by Crippen LogP contribution is -2.12. The third kappa shape index (κ3) is 5.09. The van der Waals surface area contributed by atoms with Crippen molar-refractivity contribution in [3.63, 3.8) is 0 Å². The van der Waals surface area contributed by atoms with Crippen molar-refractivity contribution >= 4 is 39.7 Å². The number of non-ortho nitro benzene ring substituents is 1. The molecule has 3 aromatic carbocycles. The second-order valence-corrected chi connectivity index (χ2v) is 8.81. The van der Waals surface area contributed by atoms with Crippen LogP contribution in [-0.2, 0) is 0 Å². The highest BCUT2D eigenvalue weighted by Gasteiger charge is 2.21. The number of thiazole rings is 1. The number of anilines is 1. The molecule has 0 radical (unpaired) electrons. The van der Waals surface area contributed by atoms with Crippen molar-refractivity contribution in [1.82, 2.24) is 4.98 Å². The van der Waals surface area contributed by atoms with E-state index >= 15 is 0 Å². The van der Waals surface area contributed by atoms with E-state index in [2.05, 4.69) is 10.3 Å². The zero-order chi connectivity index (χ0) is 25.8. The maximum absolute atomic E-state index is 13.1. The molecule has 1 aromatic heterocycles. The lowest BCUT2D eigenvalue weighted by atomic mass is 10.1. The van der Waals surface area contributed by atoms with Gasteiger partial charge in [-0.2, -0.15) is 0 Å². The molecule has 184 valence electrons. The number of benzene rings is 3. The van der Waals surface area contributed by atoms with Crippen LogP contribution in [0.3, 0.4) is 0 Å². The Morgan fingerprint density at radius 1 is 0.944 bits per heavy atom. The molecule has 0 fully saturated rings. The second-order valence-electron chi connectivity index (χ2n) is 7.38. The number of nitro benzene ring substituents is 1. The summed E-state index contributed by atoms with van der Waals surface area (Å²) in [5.74, 6) is 0.626. The first kappa shape index (κ1) is 25.0. The molecule has 36 heavy (non-hydrogen) atoms. The molecule has 1 heterocycles. The molecule has 0 bridgehead atoms. The van der Waals surface area contributed by atoms with E-state index in [1.165, 1.54) is 44.8 Å². The van der Waals surface area contributed by atoms with Gasteiger partial charge in [-0.25, -0.2) is 4.98 Å². The Kier molecular flexibility index (Phi) is 7.37. The molecular weight excluding hydrogens is 506 g/mol. The summed E-state index contributed by atoms with van der Waals surface area (Å²) in [5.41, 5.74) is 2.31. The lowest BCUT2D eigenvalue weighted by Gasteiger charge is -2.13. The maximum atomic E-state index is 13.1. The summed E-state index contributed by atoms with van der Waals surface area (Å²) in [7, 11) is 4.41. The number of hydrogen-bond acceptors (Lipinski definition) is 8. The quantitative estimate of drug-likeness (QED) is 0.211. The van der Waals surface area contributed by atoms with Gasteiger partial charge >= 0.3 is 0 Å². The molecule has 4 aromatic rings. The van der Waals surface area contributed by atoms with Crippen LogP contribution >= 0.6 is 22.9 Å². The number of carbonyl (C=O) groups excluding carboxylic acids is 1. The fourth-order valence-corrected chi connectivity index (χ4v) is 4.60. The number of methoxy groups -OCH3 is 3. The van der Waals surface area contributed by atoms with Gasteiger partial charge in [-0.3, -0.25) is 20.2 Å². The SMILES string of the molecule is COc1cc(C(=O)Nc2nc(-c3ccc([N+](=O)[O-])cc3)c(-c3ccc(Cl)cc3)s2)cc(OC)c1OC. The van der Waals surface area contributed by atoms with E-state index in [4.69, 9.17) is 25.8 Å². The number of carbonyl (C=O) groups is 1. The highest BCUT2D eigenvalue weighted by molar-refractivity contribution is 7.19. The Hall–Kier alpha value is -4.15. The van der Waals surface area contributed by atoms with Crippen molar-refractivity contribution in [1.29, 1.82) is 0 Å². The topological polar surface area (TPSA) is 113 Å². The lowest BCUT2D eigenvalue weighted by molar-refractivity contribution is -0.384. The summed E-state index contributed by atoms with van der Waals surface area (Å²) in [6.45, 7) is 0. The van der Waals surface area contributed by atoms with E-state index in [-0.39, 0.29) is 11.3 Å². The third-order valence-corrected chi connectivity index (χ3v) is 6.50. The molecule has 4 rings (SSSR count). The van der Waals surface area contributed by atoms with Crippen LogP contribution in [0.25, 0.3) is 21.7 Å². The summed E-state index contributed by atoms with van der Waals surface area (Å²) >= 11 is 7.32. The number of amides is 1. The zero-order valence-corrected chi connectivity index (χ0v) is 21.0. The van der Waals surface area contributed by atoms with Gasteiger partial charge < -0.3 is 14.2 Å². The van der Waals surface area contributed by atoms with Crippen LogP contribution in [0.1, 0.15) is 10.4 Å². The van der Waals surface area contributed by atoms with Gasteiger partial charge in [-0.15, -0.1) is 0 Å². The average Bonchev–Trinajstić information content (AvgIpc) is 3.31. The summed E-state index contributed by atoms with van der Waals surface area (Å²) in [6, 6.07) is 16.3. The minimum absolute atomic E-state index is 0.0297. The van der Waals surface area contributed by atoms with Crippen LogP contribution in [0.2, 0.25) is 5.02 Å². The van der Waals surface area contributed by atoms with Crippen molar-refractivity contribution < 1.29 is 23.9 Å². The maximum Gasteiger partial charge on any atom is 0.269 e. The summed E-state index contributed by atoms with van der Waals surface area (Å²) in [4.78, 5) is 29.1. The smallest absolute Gasteiger partial charge is 0.269 e. The first-order chi connectivity index (χ1) is 17.3. The standard InChI is InChI=1S/C25H20ClN3O6S/c1-33-19-12-16(13-20(34-2)22(19)35-3)24(30)28-25-27-21(14-6-10-18(11-7-14)29(31)32)23(36-25)15-4-8-17(26)9-5-15/h4-13H,1-3H3,(H,27,28,30). The van der Waals surface area contributed by atoms with Gasteiger partial charge in [-0.05, 0) is 42.0 Å². The van der Waals surface area contributed by atoms with Gasteiger partial charge in [0.2, 0.25) is 5.75 Å². The van der Waals surface area contributed by atoms with Crippen molar-refractivity contribution in [3.8, 4) is 38.9 Å². The predicted octanol–water partition coefficient (Wildman–Crippen LogP) is 6.32. The van der Waals surface area contributed by atoms with Crippen LogP contribution in [-0.4, -0.2) is 37.1 Å². The molecule has 0 unspecified atom stereocenters. The van der Waals surface area contributed by atoms with Crippen molar-refractivity contribution in [2.24, 2.45) is 0 Å². The highest BCUT2D eigenvalue weighted by atomic mass is 35.5. The Balaban J connectivity index is 1.73. The number of rotatable bonds is 8. The molecule has 11 heteroatoms. The van der Waals surface area contributed by atoms with Crippen molar-refractivity contribution in [2.75, 3.05) is 26.6 Å². The monoisotopic (exact) mass is 525 g/mol. The number of nitro groups is 1. The molecular formula is C25H20ClN3O6S. The molecule has 0 aliphatic heterocycles. The molecule has 1 amide bonds. The predicted molar refractivity (Wildman–Crippen MR) is 139 cm³/mol. The van der Waals surface area contributed by atoms with E-state index in [0.717, 1.165) is 10.4 Å².